The van der Waals surface area contributed by atoms with Crippen molar-refractivity contribution >= 4 is 39.1 Å². The Labute approximate surface area is 278 Å². The number of carbonyl (C=O) groups is 2. The predicted molar refractivity (Wildman–Crippen MR) is 185 cm³/mol. The quantitative estimate of drug-likeness (QED) is 0.167. The first-order chi connectivity index (χ1) is 21.9. The van der Waals surface area contributed by atoms with Crippen molar-refractivity contribution in [2.75, 3.05) is 10.8 Å². The summed E-state index contributed by atoms with van der Waals surface area (Å²) in [5, 5.41) is 3.46. The van der Waals surface area contributed by atoms with Gasteiger partial charge in [-0.3, -0.25) is 13.9 Å². The van der Waals surface area contributed by atoms with Crippen molar-refractivity contribution in [1.29, 1.82) is 0 Å². The second-order valence-corrected chi connectivity index (χ2v) is 14.1. The minimum absolute atomic E-state index is 0.00325. The molecular formula is C37H42ClN3O4S. The van der Waals surface area contributed by atoms with Gasteiger partial charge in [0.25, 0.3) is 10.0 Å². The van der Waals surface area contributed by atoms with Crippen molar-refractivity contribution in [3.63, 3.8) is 0 Å². The number of benzene rings is 4. The highest BCUT2D eigenvalue weighted by atomic mass is 35.5. The van der Waals surface area contributed by atoms with E-state index in [0.29, 0.717) is 10.7 Å². The van der Waals surface area contributed by atoms with Gasteiger partial charge in [0.2, 0.25) is 11.8 Å². The van der Waals surface area contributed by atoms with E-state index in [1.54, 1.807) is 12.1 Å². The smallest absolute Gasteiger partial charge is 0.264 e. The SMILES string of the molecule is CC[C@@H](C)NC(=O)[C@@H](Cc1ccccc1)N(Cc1cccc(C)c1)C(=O)CN(c1ccc(C)c(C)c1)S(=O)(=O)c1ccc(Cl)cc1. The Morgan fingerprint density at radius 1 is 0.826 bits per heavy atom. The van der Waals surface area contributed by atoms with E-state index in [1.165, 1.54) is 29.2 Å². The van der Waals surface area contributed by atoms with Crippen LogP contribution in [0.5, 0.6) is 0 Å². The van der Waals surface area contributed by atoms with Gasteiger partial charge in [0.05, 0.1) is 10.6 Å². The number of nitrogens with one attached hydrogen (secondary N) is 1. The van der Waals surface area contributed by atoms with Gasteiger partial charge in [-0.05, 0) is 92.8 Å². The Bertz CT molecular complexity index is 1760. The molecule has 0 unspecified atom stereocenters. The lowest BCUT2D eigenvalue weighted by Gasteiger charge is -2.34. The largest absolute Gasteiger partial charge is 0.352 e. The monoisotopic (exact) mass is 659 g/mol. The number of amides is 2. The summed E-state index contributed by atoms with van der Waals surface area (Å²) in [5.41, 5.74) is 4.95. The van der Waals surface area contributed by atoms with Crippen LogP contribution in [0.3, 0.4) is 0 Å². The molecule has 2 atom stereocenters. The number of hydrogen-bond donors (Lipinski definition) is 1. The summed E-state index contributed by atoms with van der Waals surface area (Å²) < 4.78 is 29.6. The molecular weight excluding hydrogens is 618 g/mol. The summed E-state index contributed by atoms with van der Waals surface area (Å²) in [6, 6.07) is 27.4. The first kappa shape index (κ1) is 34.7. The van der Waals surface area contributed by atoms with Crippen molar-refractivity contribution < 1.29 is 18.0 Å². The van der Waals surface area contributed by atoms with E-state index in [0.717, 1.165) is 38.5 Å². The third-order valence-electron chi connectivity index (χ3n) is 8.17. The molecule has 0 aliphatic carbocycles. The summed E-state index contributed by atoms with van der Waals surface area (Å²) in [6.07, 6.45) is 0.976. The first-order valence-electron chi connectivity index (χ1n) is 15.4. The molecule has 2 amide bonds. The topological polar surface area (TPSA) is 86.8 Å². The number of halogens is 1. The molecule has 242 valence electrons. The maximum atomic E-state index is 14.6. The van der Waals surface area contributed by atoms with Crippen molar-refractivity contribution in [3.8, 4) is 0 Å². The molecule has 0 bridgehead atoms. The van der Waals surface area contributed by atoms with Gasteiger partial charge in [0.1, 0.15) is 12.6 Å². The van der Waals surface area contributed by atoms with Gasteiger partial charge < -0.3 is 10.2 Å². The second-order valence-electron chi connectivity index (χ2n) is 11.8. The van der Waals surface area contributed by atoms with Crippen LogP contribution in [0.25, 0.3) is 0 Å². The molecule has 4 rings (SSSR count). The van der Waals surface area contributed by atoms with Gasteiger partial charge in [0.15, 0.2) is 0 Å². The summed E-state index contributed by atoms with van der Waals surface area (Å²) in [7, 11) is -4.21. The highest BCUT2D eigenvalue weighted by Crippen LogP contribution is 2.28. The zero-order valence-electron chi connectivity index (χ0n) is 27.0. The zero-order valence-corrected chi connectivity index (χ0v) is 28.6. The molecule has 0 radical (unpaired) electrons. The van der Waals surface area contributed by atoms with Crippen molar-refractivity contribution in [2.24, 2.45) is 0 Å². The van der Waals surface area contributed by atoms with Gasteiger partial charge in [-0.25, -0.2) is 8.42 Å². The minimum atomic E-state index is -4.21. The first-order valence-corrected chi connectivity index (χ1v) is 17.3. The third-order valence-corrected chi connectivity index (χ3v) is 10.2. The van der Waals surface area contributed by atoms with Crippen LogP contribution in [0.15, 0.2) is 102 Å². The Balaban J connectivity index is 1.83. The summed E-state index contributed by atoms with van der Waals surface area (Å²) in [5.74, 6) is -0.796. The van der Waals surface area contributed by atoms with E-state index in [9.17, 15) is 18.0 Å². The van der Waals surface area contributed by atoms with Crippen LogP contribution in [0, 0.1) is 20.8 Å². The summed E-state index contributed by atoms with van der Waals surface area (Å²) >= 11 is 6.08. The predicted octanol–water partition coefficient (Wildman–Crippen LogP) is 7.02. The van der Waals surface area contributed by atoms with E-state index in [4.69, 9.17) is 11.6 Å². The number of carbonyl (C=O) groups excluding carboxylic acids is 2. The number of rotatable bonds is 13. The number of aryl methyl sites for hydroxylation is 3. The molecule has 4 aromatic rings. The second kappa shape index (κ2) is 15.4. The number of anilines is 1. The number of hydrogen-bond acceptors (Lipinski definition) is 4. The Hall–Kier alpha value is -4.14. The normalized spacial score (nSPS) is 12.7. The van der Waals surface area contributed by atoms with Gasteiger partial charge in [-0.15, -0.1) is 0 Å². The van der Waals surface area contributed by atoms with E-state index >= 15 is 0 Å². The van der Waals surface area contributed by atoms with Crippen molar-refractivity contribution in [3.05, 3.63) is 130 Å². The molecule has 1 N–H and O–H groups in total. The van der Waals surface area contributed by atoms with Crippen molar-refractivity contribution in [2.45, 2.75) is 71.0 Å². The summed E-state index contributed by atoms with van der Waals surface area (Å²) in [6.45, 7) is 9.31. The minimum Gasteiger partial charge on any atom is -0.352 e. The number of nitrogens with zero attached hydrogens (tertiary/aromatic N) is 2. The molecule has 9 heteroatoms. The highest BCUT2D eigenvalue weighted by Gasteiger charge is 2.35. The molecule has 0 aliphatic rings. The van der Waals surface area contributed by atoms with E-state index in [2.05, 4.69) is 5.32 Å². The van der Waals surface area contributed by atoms with Gasteiger partial charge in [-0.2, -0.15) is 0 Å². The van der Waals surface area contributed by atoms with E-state index in [-0.39, 0.29) is 29.8 Å². The fourth-order valence-corrected chi connectivity index (χ4v) is 6.68. The molecule has 0 fully saturated rings. The van der Waals surface area contributed by atoms with E-state index < -0.39 is 28.5 Å². The van der Waals surface area contributed by atoms with Crippen LogP contribution in [0.2, 0.25) is 5.02 Å². The van der Waals surface area contributed by atoms with Crippen LogP contribution in [0.4, 0.5) is 5.69 Å². The molecule has 0 aromatic heterocycles. The van der Waals surface area contributed by atoms with Crippen LogP contribution < -0.4 is 9.62 Å². The average molecular weight is 660 g/mol. The maximum Gasteiger partial charge on any atom is 0.264 e. The standard InChI is InChI=1S/C37H42ClN3O4S/c1-6-29(5)39-37(43)35(23-30-12-8-7-9-13-30)40(24-31-14-10-11-26(2)21-31)36(42)25-41(33-18-15-27(3)28(4)22-33)46(44,45)34-19-16-32(38)17-20-34/h7-22,29,35H,6,23-25H2,1-5H3,(H,39,43)/t29-,35-/m1/s1. The Kier molecular flexibility index (Phi) is 11.7. The fraction of sp³-hybridized carbons (Fsp3) is 0.297. The molecule has 0 aliphatic heterocycles. The van der Waals surface area contributed by atoms with Crippen LogP contribution >= 0.6 is 11.6 Å². The molecule has 7 nitrogen and oxygen atoms in total. The lowest BCUT2D eigenvalue weighted by Crippen LogP contribution is -2.54. The number of sulfonamides is 1. The average Bonchev–Trinajstić information content (AvgIpc) is 3.03. The Morgan fingerprint density at radius 3 is 2.13 bits per heavy atom. The Morgan fingerprint density at radius 2 is 1.50 bits per heavy atom. The molecule has 4 aromatic carbocycles. The van der Waals surface area contributed by atoms with Crippen LogP contribution in [-0.2, 0) is 32.6 Å². The summed E-state index contributed by atoms with van der Waals surface area (Å²) in [4.78, 5) is 30.1. The lowest BCUT2D eigenvalue weighted by atomic mass is 10.0. The molecule has 0 heterocycles. The molecule has 0 saturated carbocycles. The van der Waals surface area contributed by atoms with Gasteiger partial charge in [-0.1, -0.05) is 84.8 Å². The fourth-order valence-electron chi connectivity index (χ4n) is 5.15. The van der Waals surface area contributed by atoms with E-state index in [1.807, 2.05) is 95.3 Å². The lowest BCUT2D eigenvalue weighted by molar-refractivity contribution is -0.140. The third kappa shape index (κ3) is 8.77. The van der Waals surface area contributed by atoms with Crippen LogP contribution in [-0.4, -0.2) is 43.8 Å². The van der Waals surface area contributed by atoms with Gasteiger partial charge >= 0.3 is 0 Å². The molecule has 0 saturated heterocycles. The highest BCUT2D eigenvalue weighted by molar-refractivity contribution is 7.92. The zero-order chi connectivity index (χ0) is 33.4. The van der Waals surface area contributed by atoms with Gasteiger partial charge in [0, 0.05) is 24.0 Å². The maximum absolute atomic E-state index is 14.6. The molecule has 0 spiro atoms. The molecule has 46 heavy (non-hydrogen) atoms. The van der Waals surface area contributed by atoms with Crippen molar-refractivity contribution in [1.82, 2.24) is 10.2 Å². The van der Waals surface area contributed by atoms with Crippen LogP contribution in [0.1, 0.15) is 48.1 Å².